The van der Waals surface area contributed by atoms with Crippen molar-refractivity contribution in [2.75, 3.05) is 13.2 Å². The normalized spacial score (nSPS) is 10.4. The Hall–Kier alpha value is -2.37. The van der Waals surface area contributed by atoms with E-state index < -0.39 is 11.9 Å². The lowest BCUT2D eigenvalue weighted by atomic mass is 10.2. The van der Waals surface area contributed by atoms with Gasteiger partial charge >= 0.3 is 11.9 Å². The number of aromatic nitrogens is 2. The molecule has 0 aliphatic rings. The molecule has 0 radical (unpaired) electrons. The monoisotopic (exact) mass is 262 g/mol. The van der Waals surface area contributed by atoms with Crippen molar-refractivity contribution in [3.05, 3.63) is 35.7 Å². The summed E-state index contributed by atoms with van der Waals surface area (Å²) >= 11 is 0. The molecule has 0 aliphatic carbocycles. The van der Waals surface area contributed by atoms with Gasteiger partial charge in [0.1, 0.15) is 0 Å². The van der Waals surface area contributed by atoms with Gasteiger partial charge in [-0.2, -0.15) is 5.10 Å². The van der Waals surface area contributed by atoms with Gasteiger partial charge < -0.3 is 9.47 Å². The maximum atomic E-state index is 11.9. The Bertz CT molecular complexity index is 566. The van der Waals surface area contributed by atoms with Crippen molar-refractivity contribution < 1.29 is 19.1 Å². The predicted molar refractivity (Wildman–Crippen MR) is 67.1 cm³/mol. The molecule has 0 aromatic carbocycles. The molecule has 6 heteroatoms. The Labute approximate surface area is 109 Å². The number of esters is 2. The average molecular weight is 262 g/mol. The molecule has 0 aliphatic heterocycles. The van der Waals surface area contributed by atoms with Gasteiger partial charge in [-0.25, -0.2) is 14.1 Å². The number of carbonyl (C=O) groups is 2. The minimum Gasteiger partial charge on any atom is -0.462 e. The summed E-state index contributed by atoms with van der Waals surface area (Å²) < 4.78 is 11.3. The Morgan fingerprint density at radius 3 is 2.58 bits per heavy atom. The summed E-state index contributed by atoms with van der Waals surface area (Å²) in [5, 5.41) is 4.10. The minimum atomic E-state index is -0.638. The van der Waals surface area contributed by atoms with Crippen LogP contribution in [0.5, 0.6) is 0 Å². The summed E-state index contributed by atoms with van der Waals surface area (Å²) in [5.74, 6) is -1.22. The fourth-order valence-corrected chi connectivity index (χ4v) is 1.68. The van der Waals surface area contributed by atoms with E-state index in [-0.39, 0.29) is 24.5 Å². The highest BCUT2D eigenvalue weighted by atomic mass is 16.5. The molecule has 100 valence electrons. The molecule has 0 atom stereocenters. The van der Waals surface area contributed by atoms with Crippen LogP contribution in [0.2, 0.25) is 0 Å². The van der Waals surface area contributed by atoms with E-state index in [0.717, 1.165) is 0 Å². The molecule has 6 nitrogen and oxygen atoms in total. The smallest absolute Gasteiger partial charge is 0.359 e. The highest BCUT2D eigenvalue weighted by Gasteiger charge is 2.22. The quantitative estimate of drug-likeness (QED) is 0.784. The third-order valence-corrected chi connectivity index (χ3v) is 2.48. The van der Waals surface area contributed by atoms with Crippen LogP contribution < -0.4 is 0 Å². The number of nitrogens with zero attached hydrogens (tertiary/aromatic N) is 2. The van der Waals surface area contributed by atoms with Crippen molar-refractivity contribution in [2.45, 2.75) is 13.8 Å². The van der Waals surface area contributed by atoms with Crippen LogP contribution in [0.1, 0.15) is 34.7 Å². The van der Waals surface area contributed by atoms with E-state index in [0.29, 0.717) is 5.52 Å². The highest BCUT2D eigenvalue weighted by Crippen LogP contribution is 2.14. The van der Waals surface area contributed by atoms with Crippen molar-refractivity contribution in [1.29, 1.82) is 0 Å². The van der Waals surface area contributed by atoms with Gasteiger partial charge in [-0.1, -0.05) is 0 Å². The third kappa shape index (κ3) is 2.57. The van der Waals surface area contributed by atoms with Gasteiger partial charge in [0.15, 0.2) is 5.69 Å². The Morgan fingerprint density at radius 1 is 1.21 bits per heavy atom. The van der Waals surface area contributed by atoms with Gasteiger partial charge in [0.25, 0.3) is 0 Å². The Kier molecular flexibility index (Phi) is 3.79. The first-order valence-corrected chi connectivity index (χ1v) is 6.00. The Morgan fingerprint density at radius 2 is 1.89 bits per heavy atom. The van der Waals surface area contributed by atoms with E-state index in [1.165, 1.54) is 4.52 Å². The van der Waals surface area contributed by atoms with E-state index in [4.69, 9.17) is 9.47 Å². The van der Waals surface area contributed by atoms with Crippen molar-refractivity contribution in [3.63, 3.8) is 0 Å². The summed E-state index contributed by atoms with van der Waals surface area (Å²) in [4.78, 5) is 23.7. The third-order valence-electron chi connectivity index (χ3n) is 2.48. The van der Waals surface area contributed by atoms with Gasteiger partial charge in [0.05, 0.1) is 24.3 Å². The fourth-order valence-electron chi connectivity index (χ4n) is 1.68. The van der Waals surface area contributed by atoms with Crippen molar-refractivity contribution in [1.82, 2.24) is 9.61 Å². The lowest BCUT2D eigenvalue weighted by molar-refractivity contribution is 0.0471. The first kappa shape index (κ1) is 13.1. The van der Waals surface area contributed by atoms with Crippen LogP contribution in [0.15, 0.2) is 24.4 Å². The van der Waals surface area contributed by atoms with E-state index in [1.54, 1.807) is 38.2 Å². The second-order valence-electron chi connectivity index (χ2n) is 3.73. The summed E-state index contributed by atoms with van der Waals surface area (Å²) in [6, 6.07) is 5.12. The molecule has 2 rings (SSSR count). The predicted octanol–water partition coefficient (Wildman–Crippen LogP) is 1.69. The fraction of sp³-hybridized carbons (Fsp3) is 0.308. The lowest BCUT2D eigenvalue weighted by Gasteiger charge is -2.08. The van der Waals surface area contributed by atoms with Crippen molar-refractivity contribution >= 4 is 17.5 Å². The van der Waals surface area contributed by atoms with E-state index in [1.807, 2.05) is 0 Å². The van der Waals surface area contributed by atoms with Crippen LogP contribution in [-0.4, -0.2) is 34.8 Å². The van der Waals surface area contributed by atoms with Crippen LogP contribution in [0.3, 0.4) is 0 Å². The number of carbonyl (C=O) groups excluding carboxylic acids is 2. The molecule has 0 bridgehead atoms. The van der Waals surface area contributed by atoms with Crippen LogP contribution in [0.25, 0.3) is 5.52 Å². The van der Waals surface area contributed by atoms with Gasteiger partial charge in [-0.05, 0) is 32.0 Å². The largest absolute Gasteiger partial charge is 0.462 e. The van der Waals surface area contributed by atoms with E-state index >= 15 is 0 Å². The van der Waals surface area contributed by atoms with Gasteiger partial charge in [-0.15, -0.1) is 0 Å². The molecule has 2 aromatic heterocycles. The molecule has 0 spiro atoms. The summed E-state index contributed by atoms with van der Waals surface area (Å²) in [5.41, 5.74) is 0.784. The molecule has 0 unspecified atom stereocenters. The number of rotatable bonds is 4. The topological polar surface area (TPSA) is 69.9 Å². The second kappa shape index (κ2) is 5.51. The van der Waals surface area contributed by atoms with Gasteiger partial charge in [-0.3, -0.25) is 0 Å². The molecule has 0 fully saturated rings. The van der Waals surface area contributed by atoms with Gasteiger partial charge in [0.2, 0.25) is 0 Å². The van der Waals surface area contributed by atoms with Crippen LogP contribution in [-0.2, 0) is 9.47 Å². The van der Waals surface area contributed by atoms with Crippen molar-refractivity contribution in [3.8, 4) is 0 Å². The van der Waals surface area contributed by atoms with Crippen LogP contribution in [0.4, 0.5) is 0 Å². The minimum absolute atomic E-state index is 0.0380. The first-order valence-electron chi connectivity index (χ1n) is 6.00. The molecular formula is C13H14N2O4. The molecule has 2 heterocycles. The van der Waals surface area contributed by atoms with Crippen LogP contribution in [0, 0.1) is 0 Å². The zero-order valence-corrected chi connectivity index (χ0v) is 10.8. The SMILES string of the molecule is CCOC(=O)c1cc2cccn2nc1C(=O)OCC. The number of fused-ring (bicyclic) bond motifs is 1. The number of hydrogen-bond acceptors (Lipinski definition) is 5. The molecule has 0 N–H and O–H groups in total. The molecule has 2 aromatic rings. The maximum Gasteiger partial charge on any atom is 0.359 e. The summed E-state index contributed by atoms with van der Waals surface area (Å²) in [7, 11) is 0. The summed E-state index contributed by atoms with van der Waals surface area (Å²) in [6.07, 6.45) is 1.69. The zero-order valence-electron chi connectivity index (χ0n) is 10.8. The zero-order chi connectivity index (χ0) is 13.8. The number of hydrogen-bond donors (Lipinski definition) is 0. The lowest BCUT2D eigenvalue weighted by Crippen LogP contribution is -2.17. The van der Waals surface area contributed by atoms with Gasteiger partial charge in [0, 0.05) is 6.20 Å². The molecule has 0 saturated carbocycles. The average Bonchev–Trinajstić information content (AvgIpc) is 2.85. The number of ether oxygens (including phenoxy) is 2. The maximum absolute atomic E-state index is 11.9. The molecule has 0 amide bonds. The summed E-state index contributed by atoms with van der Waals surface area (Å²) in [6.45, 7) is 3.83. The molecule has 19 heavy (non-hydrogen) atoms. The van der Waals surface area contributed by atoms with E-state index in [2.05, 4.69) is 5.10 Å². The Balaban J connectivity index is 2.53. The van der Waals surface area contributed by atoms with E-state index in [9.17, 15) is 9.59 Å². The molecular weight excluding hydrogens is 248 g/mol. The highest BCUT2D eigenvalue weighted by molar-refractivity contribution is 6.02. The first-order chi connectivity index (χ1) is 9.17. The standard InChI is InChI=1S/C13H14N2O4/c1-3-18-12(16)10-8-9-6-5-7-15(9)14-11(10)13(17)19-4-2/h5-8H,3-4H2,1-2H3. The molecule has 0 saturated heterocycles. The van der Waals surface area contributed by atoms with Crippen molar-refractivity contribution in [2.24, 2.45) is 0 Å². The second-order valence-corrected chi connectivity index (χ2v) is 3.73. The van der Waals surface area contributed by atoms with Crippen LogP contribution >= 0.6 is 0 Å².